The Kier molecular flexibility index (Phi) is 4.47. The zero-order valence-corrected chi connectivity index (χ0v) is 12.3. The van der Waals surface area contributed by atoms with E-state index in [2.05, 4.69) is 41.9 Å². The maximum absolute atomic E-state index is 6.49. The number of aryl methyl sites for hydroxylation is 2. The lowest BCUT2D eigenvalue weighted by molar-refractivity contribution is -0.0892. The molecule has 1 aliphatic heterocycles. The summed E-state index contributed by atoms with van der Waals surface area (Å²) in [6, 6.07) is 4.22. The molecule has 1 aromatic carbocycles. The molecule has 0 saturated carbocycles. The van der Waals surface area contributed by atoms with Crippen molar-refractivity contribution in [2.75, 3.05) is 19.8 Å². The molecule has 0 aromatic heterocycles. The van der Waals surface area contributed by atoms with Gasteiger partial charge >= 0.3 is 0 Å². The van der Waals surface area contributed by atoms with E-state index in [1.807, 2.05) is 0 Å². The predicted molar refractivity (Wildman–Crippen MR) is 72.8 cm³/mol. The summed E-state index contributed by atoms with van der Waals surface area (Å²) in [7, 11) is 0. The first kappa shape index (κ1) is 13.3. The second-order valence-electron chi connectivity index (χ2n) is 4.34. The third-order valence-electron chi connectivity index (χ3n) is 3.01. The molecule has 0 aliphatic carbocycles. The molecule has 94 valence electrons. The van der Waals surface area contributed by atoms with Gasteiger partial charge in [-0.05, 0) is 36.6 Å². The molecular weight excluding hydrogens is 303 g/mol. The summed E-state index contributed by atoms with van der Waals surface area (Å²) in [5, 5.41) is -0.151. The van der Waals surface area contributed by atoms with Crippen LogP contribution in [0.25, 0.3) is 0 Å². The van der Waals surface area contributed by atoms with E-state index < -0.39 is 0 Å². The number of hydrogen-bond donors (Lipinski definition) is 0. The van der Waals surface area contributed by atoms with E-state index in [1.54, 1.807) is 0 Å². The fourth-order valence-electron chi connectivity index (χ4n) is 1.98. The summed E-state index contributed by atoms with van der Waals surface area (Å²) in [5.41, 5.74) is 3.49. The molecule has 1 aliphatic rings. The van der Waals surface area contributed by atoms with E-state index in [9.17, 15) is 0 Å². The van der Waals surface area contributed by atoms with Crippen molar-refractivity contribution in [2.45, 2.75) is 25.3 Å². The highest BCUT2D eigenvalue weighted by Gasteiger charge is 2.26. The quantitative estimate of drug-likeness (QED) is 0.773. The van der Waals surface area contributed by atoms with Crippen LogP contribution in [0.3, 0.4) is 0 Å². The molecule has 1 saturated heterocycles. The lowest BCUT2D eigenvalue weighted by atomic mass is 9.99. The van der Waals surface area contributed by atoms with Crippen LogP contribution in [0.1, 0.15) is 22.1 Å². The molecule has 0 amide bonds. The van der Waals surface area contributed by atoms with Crippen LogP contribution < -0.4 is 0 Å². The predicted octanol–water partition coefficient (Wildman–Crippen LogP) is 3.76. The van der Waals surface area contributed by atoms with Crippen molar-refractivity contribution in [2.24, 2.45) is 0 Å². The first-order chi connectivity index (χ1) is 8.09. The van der Waals surface area contributed by atoms with Crippen LogP contribution >= 0.6 is 27.5 Å². The first-order valence-electron chi connectivity index (χ1n) is 5.69. The Balaban J connectivity index is 2.23. The summed E-state index contributed by atoms with van der Waals surface area (Å²) in [6.45, 7) is 6.00. The molecule has 2 rings (SSSR count). The van der Waals surface area contributed by atoms with Gasteiger partial charge in [0.2, 0.25) is 0 Å². The van der Waals surface area contributed by atoms with Gasteiger partial charge in [0, 0.05) is 4.47 Å². The van der Waals surface area contributed by atoms with Crippen molar-refractivity contribution < 1.29 is 9.47 Å². The zero-order valence-electron chi connectivity index (χ0n) is 10.0. The molecule has 4 heteroatoms. The minimum Gasteiger partial charge on any atom is -0.376 e. The molecule has 0 N–H and O–H groups in total. The number of alkyl halides is 1. The van der Waals surface area contributed by atoms with Gasteiger partial charge in [-0.3, -0.25) is 0 Å². The molecule has 0 spiro atoms. The van der Waals surface area contributed by atoms with Gasteiger partial charge in [0.1, 0.15) is 6.10 Å². The summed E-state index contributed by atoms with van der Waals surface area (Å²) >= 11 is 10.0. The van der Waals surface area contributed by atoms with Crippen molar-refractivity contribution in [3.8, 4) is 0 Å². The van der Waals surface area contributed by atoms with Gasteiger partial charge in [-0.15, -0.1) is 11.6 Å². The van der Waals surface area contributed by atoms with Crippen molar-refractivity contribution in [3.63, 3.8) is 0 Å². The minimum atomic E-state index is -0.151. The largest absolute Gasteiger partial charge is 0.376 e. The number of ether oxygens (including phenoxy) is 2. The van der Waals surface area contributed by atoms with E-state index >= 15 is 0 Å². The van der Waals surface area contributed by atoms with Gasteiger partial charge in [0.15, 0.2) is 0 Å². The number of benzene rings is 1. The van der Waals surface area contributed by atoms with Crippen molar-refractivity contribution in [1.29, 1.82) is 0 Å². The number of hydrogen-bond acceptors (Lipinski definition) is 2. The van der Waals surface area contributed by atoms with E-state index in [4.69, 9.17) is 21.1 Å². The Morgan fingerprint density at radius 3 is 2.71 bits per heavy atom. The fraction of sp³-hybridized carbons (Fsp3) is 0.538. The average molecular weight is 320 g/mol. The Bertz CT molecular complexity index is 403. The molecule has 0 radical (unpaired) electrons. The number of halogens is 2. The van der Waals surface area contributed by atoms with Crippen LogP contribution in [0.2, 0.25) is 0 Å². The monoisotopic (exact) mass is 318 g/mol. The van der Waals surface area contributed by atoms with E-state index in [-0.39, 0.29) is 11.5 Å². The summed E-state index contributed by atoms with van der Waals surface area (Å²) in [6.07, 6.45) is -0.0512. The first-order valence-corrected chi connectivity index (χ1v) is 6.92. The van der Waals surface area contributed by atoms with Gasteiger partial charge in [0.25, 0.3) is 0 Å². The highest BCUT2D eigenvalue weighted by molar-refractivity contribution is 9.10. The molecule has 1 fully saturated rings. The third-order valence-corrected chi connectivity index (χ3v) is 4.38. The van der Waals surface area contributed by atoms with Crippen LogP contribution in [-0.4, -0.2) is 25.9 Å². The molecule has 2 atom stereocenters. The van der Waals surface area contributed by atoms with Gasteiger partial charge in [-0.2, -0.15) is 0 Å². The summed E-state index contributed by atoms with van der Waals surface area (Å²) < 4.78 is 12.2. The third kappa shape index (κ3) is 3.02. The Morgan fingerprint density at radius 2 is 2.06 bits per heavy atom. The molecule has 1 aromatic rings. The van der Waals surface area contributed by atoms with E-state index in [0.717, 1.165) is 10.0 Å². The lowest BCUT2D eigenvalue weighted by Crippen LogP contribution is -2.32. The van der Waals surface area contributed by atoms with Crippen LogP contribution in [0.15, 0.2) is 16.6 Å². The standard InChI is InChI=1S/C13H16BrClO2/c1-8-6-11(14)9(2)5-10(8)13(15)12-7-16-3-4-17-12/h5-6,12-13H,3-4,7H2,1-2H3. The maximum Gasteiger partial charge on any atom is 0.101 e. The highest BCUT2D eigenvalue weighted by Crippen LogP contribution is 2.33. The van der Waals surface area contributed by atoms with E-state index in [0.29, 0.717) is 19.8 Å². The Hall–Kier alpha value is -0.0900. The van der Waals surface area contributed by atoms with Crippen LogP contribution in [0.4, 0.5) is 0 Å². The van der Waals surface area contributed by atoms with Crippen LogP contribution in [-0.2, 0) is 9.47 Å². The van der Waals surface area contributed by atoms with E-state index in [1.165, 1.54) is 11.1 Å². The number of rotatable bonds is 2. The highest BCUT2D eigenvalue weighted by atomic mass is 79.9. The van der Waals surface area contributed by atoms with Gasteiger partial charge < -0.3 is 9.47 Å². The van der Waals surface area contributed by atoms with Crippen molar-refractivity contribution >= 4 is 27.5 Å². The molecule has 2 nitrogen and oxygen atoms in total. The second-order valence-corrected chi connectivity index (χ2v) is 5.67. The average Bonchev–Trinajstić information content (AvgIpc) is 2.34. The normalized spacial score (nSPS) is 22.5. The molecule has 2 unspecified atom stereocenters. The Labute approximate surface area is 115 Å². The van der Waals surface area contributed by atoms with Crippen LogP contribution in [0, 0.1) is 13.8 Å². The zero-order chi connectivity index (χ0) is 12.4. The van der Waals surface area contributed by atoms with Crippen molar-refractivity contribution in [1.82, 2.24) is 0 Å². The second kappa shape index (κ2) is 5.70. The molecule has 0 bridgehead atoms. The molecule has 17 heavy (non-hydrogen) atoms. The van der Waals surface area contributed by atoms with Gasteiger partial charge in [-0.1, -0.05) is 22.0 Å². The van der Waals surface area contributed by atoms with Gasteiger partial charge in [0.05, 0.1) is 25.2 Å². The van der Waals surface area contributed by atoms with Crippen LogP contribution in [0.5, 0.6) is 0 Å². The fourth-order valence-corrected chi connectivity index (χ4v) is 2.81. The smallest absolute Gasteiger partial charge is 0.101 e. The SMILES string of the molecule is Cc1cc(C(Cl)C2COCCO2)c(C)cc1Br. The molecule has 1 heterocycles. The lowest BCUT2D eigenvalue weighted by Gasteiger charge is -2.28. The summed E-state index contributed by atoms with van der Waals surface area (Å²) in [5.74, 6) is 0. The van der Waals surface area contributed by atoms with Gasteiger partial charge in [-0.25, -0.2) is 0 Å². The van der Waals surface area contributed by atoms with Crippen molar-refractivity contribution in [3.05, 3.63) is 33.3 Å². The Morgan fingerprint density at radius 1 is 1.29 bits per heavy atom. The topological polar surface area (TPSA) is 18.5 Å². The minimum absolute atomic E-state index is 0.0512. The summed E-state index contributed by atoms with van der Waals surface area (Å²) in [4.78, 5) is 0. The maximum atomic E-state index is 6.49. The molecular formula is C13H16BrClO2.